The van der Waals surface area contributed by atoms with Gasteiger partial charge in [0.15, 0.2) is 5.13 Å². The van der Waals surface area contributed by atoms with Gasteiger partial charge in [-0.15, -0.1) is 11.3 Å². The monoisotopic (exact) mass is 454 g/mol. The van der Waals surface area contributed by atoms with Crippen LogP contribution in [0.3, 0.4) is 0 Å². The molecule has 1 heterocycles. The van der Waals surface area contributed by atoms with E-state index in [0.717, 1.165) is 17.1 Å². The second-order valence-corrected chi connectivity index (χ2v) is 7.97. The third kappa shape index (κ3) is 5.93. The maximum absolute atomic E-state index is 12.3. The van der Waals surface area contributed by atoms with Crippen LogP contribution in [0.1, 0.15) is 12.6 Å². The number of benzene rings is 3. The van der Waals surface area contributed by atoms with Gasteiger partial charge in [0.2, 0.25) is 11.8 Å². The topological polar surface area (TPSA) is 74.3 Å². The van der Waals surface area contributed by atoms with Crippen molar-refractivity contribution < 1.29 is 9.59 Å². The van der Waals surface area contributed by atoms with E-state index in [1.54, 1.807) is 11.0 Å². The lowest BCUT2D eigenvalue weighted by Gasteiger charge is -2.17. The Labute approximate surface area is 196 Å². The first-order valence-corrected chi connectivity index (χ1v) is 11.2. The highest BCUT2D eigenvalue weighted by molar-refractivity contribution is 7.14. The second-order valence-electron chi connectivity index (χ2n) is 7.14. The molecule has 0 bridgehead atoms. The third-order valence-electron chi connectivity index (χ3n) is 4.65. The lowest BCUT2D eigenvalue weighted by atomic mass is 10.2. The minimum atomic E-state index is -0.264. The van der Waals surface area contributed by atoms with Crippen molar-refractivity contribution in [2.75, 3.05) is 15.5 Å². The highest BCUT2D eigenvalue weighted by atomic mass is 32.1. The summed E-state index contributed by atoms with van der Waals surface area (Å²) in [6, 6.07) is 26.7. The predicted octanol–water partition coefficient (Wildman–Crippen LogP) is 6.22. The minimum absolute atomic E-state index is 0.131. The van der Waals surface area contributed by atoms with Gasteiger partial charge in [0.05, 0.1) is 11.4 Å². The van der Waals surface area contributed by atoms with Crippen LogP contribution in [0.2, 0.25) is 0 Å². The number of carbonyl (C=O) groups excluding carboxylic acids is 2. The van der Waals surface area contributed by atoms with E-state index in [9.17, 15) is 9.59 Å². The molecule has 33 heavy (non-hydrogen) atoms. The van der Waals surface area contributed by atoms with Gasteiger partial charge >= 0.3 is 0 Å². The maximum Gasteiger partial charge on any atom is 0.248 e. The number of anilines is 5. The normalized spacial score (nSPS) is 10.7. The average molecular weight is 455 g/mol. The lowest BCUT2D eigenvalue weighted by Crippen LogP contribution is -2.22. The summed E-state index contributed by atoms with van der Waals surface area (Å²) in [5.41, 5.74) is 3.97. The Balaban J connectivity index is 1.37. The summed E-state index contributed by atoms with van der Waals surface area (Å²) in [5, 5.41) is 8.49. The number of nitrogens with zero attached hydrogens (tertiary/aromatic N) is 2. The molecule has 4 rings (SSSR count). The molecule has 4 aromatic rings. The maximum atomic E-state index is 12.3. The second kappa shape index (κ2) is 10.4. The Bertz CT molecular complexity index is 1250. The molecule has 0 aliphatic heterocycles. The minimum Gasteiger partial charge on any atom is -0.356 e. The van der Waals surface area contributed by atoms with Crippen LogP contribution in [0.25, 0.3) is 6.08 Å². The molecule has 0 aliphatic carbocycles. The SMILES string of the molecule is CC(=O)N(c1ccccc1)c1nc(/C=C/C(=O)Nc2ccc(Nc3ccccc3)cc2)cs1. The number of hydrogen-bond acceptors (Lipinski definition) is 5. The van der Waals surface area contributed by atoms with Crippen LogP contribution in [-0.4, -0.2) is 16.8 Å². The first-order chi connectivity index (χ1) is 16.1. The van der Waals surface area contributed by atoms with E-state index in [1.165, 1.54) is 24.3 Å². The Hall–Kier alpha value is -4.23. The van der Waals surface area contributed by atoms with E-state index >= 15 is 0 Å². The van der Waals surface area contributed by atoms with Gasteiger partial charge in [0, 0.05) is 35.4 Å². The van der Waals surface area contributed by atoms with Gasteiger partial charge < -0.3 is 10.6 Å². The van der Waals surface area contributed by atoms with Crippen molar-refractivity contribution in [3.63, 3.8) is 0 Å². The smallest absolute Gasteiger partial charge is 0.248 e. The number of nitrogens with one attached hydrogen (secondary N) is 2. The van der Waals surface area contributed by atoms with E-state index in [-0.39, 0.29) is 11.8 Å². The highest BCUT2D eigenvalue weighted by Gasteiger charge is 2.17. The van der Waals surface area contributed by atoms with E-state index in [4.69, 9.17) is 0 Å². The van der Waals surface area contributed by atoms with Gasteiger partial charge in [0.25, 0.3) is 0 Å². The van der Waals surface area contributed by atoms with Crippen molar-refractivity contribution in [1.82, 2.24) is 4.98 Å². The van der Waals surface area contributed by atoms with Crippen LogP contribution in [0.4, 0.5) is 27.9 Å². The molecule has 0 radical (unpaired) electrons. The van der Waals surface area contributed by atoms with Gasteiger partial charge in [-0.05, 0) is 54.6 Å². The number of rotatable bonds is 7. The summed E-state index contributed by atoms with van der Waals surface area (Å²) in [7, 11) is 0. The number of amides is 2. The number of para-hydroxylation sites is 2. The molecule has 0 fully saturated rings. The van der Waals surface area contributed by atoms with Gasteiger partial charge in [-0.3, -0.25) is 14.5 Å². The standard InChI is InChI=1S/C26H22N4O2S/c1-19(31)30(24-10-6-3-7-11-24)26-29-23(18-33-26)16-17-25(32)28-22-14-12-21(13-15-22)27-20-8-4-2-5-9-20/h2-18,27H,1H3,(H,28,32)/b17-16+. The Morgan fingerprint density at radius 2 is 1.45 bits per heavy atom. The third-order valence-corrected chi connectivity index (χ3v) is 5.49. The zero-order valence-electron chi connectivity index (χ0n) is 17.9. The van der Waals surface area contributed by atoms with Crippen molar-refractivity contribution >= 4 is 57.1 Å². The number of carbonyl (C=O) groups is 2. The summed E-state index contributed by atoms with van der Waals surface area (Å²) in [6.07, 6.45) is 3.06. The van der Waals surface area contributed by atoms with Crippen molar-refractivity contribution in [2.45, 2.75) is 6.92 Å². The van der Waals surface area contributed by atoms with Crippen LogP contribution in [0.15, 0.2) is 96.4 Å². The summed E-state index contributed by atoms with van der Waals surface area (Å²) in [4.78, 5) is 30.5. The van der Waals surface area contributed by atoms with Crippen LogP contribution in [0, 0.1) is 0 Å². The molecule has 2 amide bonds. The number of hydrogen-bond donors (Lipinski definition) is 2. The van der Waals surface area contributed by atoms with E-state index in [0.29, 0.717) is 16.5 Å². The van der Waals surface area contributed by atoms with Crippen LogP contribution < -0.4 is 15.5 Å². The van der Waals surface area contributed by atoms with Gasteiger partial charge in [-0.2, -0.15) is 0 Å². The molecule has 1 aromatic heterocycles. The number of aromatic nitrogens is 1. The van der Waals surface area contributed by atoms with E-state index in [1.807, 2.05) is 90.3 Å². The quantitative estimate of drug-likeness (QED) is 0.325. The summed E-state index contributed by atoms with van der Waals surface area (Å²) in [6.45, 7) is 1.50. The fraction of sp³-hybridized carbons (Fsp3) is 0.0385. The zero-order valence-corrected chi connectivity index (χ0v) is 18.8. The molecule has 164 valence electrons. The number of thiazole rings is 1. The summed E-state index contributed by atoms with van der Waals surface area (Å²) in [5.74, 6) is -0.395. The molecule has 0 saturated carbocycles. The van der Waals surface area contributed by atoms with Crippen LogP contribution in [0.5, 0.6) is 0 Å². The molecule has 2 N–H and O–H groups in total. The van der Waals surface area contributed by atoms with Gasteiger partial charge in [-0.25, -0.2) is 4.98 Å². The fourth-order valence-electron chi connectivity index (χ4n) is 3.13. The average Bonchev–Trinajstić information content (AvgIpc) is 3.29. The Morgan fingerprint density at radius 3 is 2.12 bits per heavy atom. The zero-order chi connectivity index (χ0) is 23.0. The molecular weight excluding hydrogens is 432 g/mol. The van der Waals surface area contributed by atoms with Crippen LogP contribution in [-0.2, 0) is 9.59 Å². The molecule has 6 nitrogen and oxygen atoms in total. The lowest BCUT2D eigenvalue weighted by molar-refractivity contribution is -0.116. The molecule has 0 aliphatic rings. The molecule has 0 spiro atoms. The predicted molar refractivity (Wildman–Crippen MR) is 135 cm³/mol. The first-order valence-electron chi connectivity index (χ1n) is 10.3. The van der Waals surface area contributed by atoms with Crippen molar-refractivity contribution in [2.24, 2.45) is 0 Å². The van der Waals surface area contributed by atoms with E-state index < -0.39 is 0 Å². The summed E-state index contributed by atoms with van der Waals surface area (Å²) < 4.78 is 0. The molecule has 0 unspecified atom stereocenters. The Kier molecular flexibility index (Phi) is 6.92. The molecule has 3 aromatic carbocycles. The summed E-state index contributed by atoms with van der Waals surface area (Å²) >= 11 is 1.34. The van der Waals surface area contributed by atoms with E-state index in [2.05, 4.69) is 15.6 Å². The van der Waals surface area contributed by atoms with Crippen molar-refractivity contribution in [1.29, 1.82) is 0 Å². The first kappa shape index (κ1) is 22.0. The van der Waals surface area contributed by atoms with Gasteiger partial charge in [0.1, 0.15) is 0 Å². The fourth-order valence-corrected chi connectivity index (χ4v) is 3.98. The Morgan fingerprint density at radius 1 is 0.848 bits per heavy atom. The van der Waals surface area contributed by atoms with Gasteiger partial charge in [-0.1, -0.05) is 36.4 Å². The molecule has 0 saturated heterocycles. The molecule has 7 heteroatoms. The van der Waals surface area contributed by atoms with Crippen LogP contribution >= 0.6 is 11.3 Å². The molecular formula is C26H22N4O2S. The van der Waals surface area contributed by atoms with Crippen molar-refractivity contribution in [3.05, 3.63) is 102 Å². The van der Waals surface area contributed by atoms with Crippen molar-refractivity contribution in [3.8, 4) is 0 Å². The largest absolute Gasteiger partial charge is 0.356 e. The molecule has 0 atom stereocenters. The highest BCUT2D eigenvalue weighted by Crippen LogP contribution is 2.29.